The second kappa shape index (κ2) is 7.22. The maximum Gasteiger partial charge on any atom is 0.165 e. The van der Waals surface area contributed by atoms with Crippen molar-refractivity contribution in [3.63, 3.8) is 0 Å². The number of methoxy groups -OCH3 is 1. The first kappa shape index (κ1) is 15.5. The average Bonchev–Trinajstić information content (AvgIpc) is 2.86. The first-order valence-corrected chi connectivity index (χ1v) is 7.14. The number of nitrogens with zero attached hydrogens (tertiary/aromatic N) is 2. The molecular formula is C16H22FN3O. The second-order valence-electron chi connectivity index (χ2n) is 5.47. The van der Waals surface area contributed by atoms with Crippen LogP contribution in [0.4, 0.5) is 4.39 Å². The molecule has 0 aliphatic heterocycles. The van der Waals surface area contributed by atoms with E-state index in [1.807, 2.05) is 16.8 Å². The van der Waals surface area contributed by atoms with Gasteiger partial charge in [-0.1, -0.05) is 19.9 Å². The monoisotopic (exact) mass is 291 g/mol. The topological polar surface area (TPSA) is 39.1 Å². The Hall–Kier alpha value is -1.88. The molecule has 2 aromatic rings. The van der Waals surface area contributed by atoms with Crippen LogP contribution in [0.3, 0.4) is 0 Å². The van der Waals surface area contributed by atoms with Crippen LogP contribution in [0, 0.1) is 11.7 Å². The molecule has 0 aliphatic carbocycles. The summed E-state index contributed by atoms with van der Waals surface area (Å²) in [6.45, 7) is 6.61. The van der Waals surface area contributed by atoms with E-state index < -0.39 is 0 Å². The predicted molar refractivity (Wildman–Crippen MR) is 80.8 cm³/mol. The lowest BCUT2D eigenvalue weighted by atomic mass is 10.2. The van der Waals surface area contributed by atoms with Gasteiger partial charge in [-0.05, 0) is 36.2 Å². The van der Waals surface area contributed by atoms with Gasteiger partial charge in [-0.15, -0.1) is 0 Å². The Morgan fingerprint density at radius 1 is 1.33 bits per heavy atom. The highest BCUT2D eigenvalue weighted by molar-refractivity contribution is 5.29. The van der Waals surface area contributed by atoms with Gasteiger partial charge >= 0.3 is 0 Å². The summed E-state index contributed by atoms with van der Waals surface area (Å²) >= 11 is 0. The fourth-order valence-corrected chi connectivity index (χ4v) is 2.12. The number of nitrogens with one attached hydrogen (secondary N) is 1. The van der Waals surface area contributed by atoms with E-state index in [1.54, 1.807) is 12.3 Å². The molecule has 0 spiro atoms. The first-order valence-electron chi connectivity index (χ1n) is 7.14. The minimum atomic E-state index is -0.346. The number of halogens is 1. The molecule has 2 rings (SSSR count). The van der Waals surface area contributed by atoms with E-state index in [4.69, 9.17) is 4.74 Å². The molecule has 0 saturated heterocycles. The van der Waals surface area contributed by atoms with Crippen LogP contribution in [-0.2, 0) is 13.1 Å². The van der Waals surface area contributed by atoms with E-state index in [1.165, 1.54) is 13.2 Å². The van der Waals surface area contributed by atoms with Gasteiger partial charge in [0.25, 0.3) is 0 Å². The second-order valence-corrected chi connectivity index (χ2v) is 5.47. The molecule has 1 aromatic heterocycles. The maximum atomic E-state index is 13.7. The molecule has 1 N–H and O–H groups in total. The van der Waals surface area contributed by atoms with Gasteiger partial charge in [0, 0.05) is 12.7 Å². The van der Waals surface area contributed by atoms with Crippen LogP contribution in [-0.4, -0.2) is 23.4 Å². The van der Waals surface area contributed by atoms with Crippen LogP contribution in [0.25, 0.3) is 0 Å². The highest BCUT2D eigenvalue weighted by Crippen LogP contribution is 2.18. The summed E-state index contributed by atoms with van der Waals surface area (Å²) < 4.78 is 20.5. The molecule has 114 valence electrons. The van der Waals surface area contributed by atoms with Crippen molar-refractivity contribution in [1.29, 1.82) is 0 Å². The summed E-state index contributed by atoms with van der Waals surface area (Å²) in [7, 11) is 1.46. The van der Waals surface area contributed by atoms with Crippen LogP contribution >= 0.6 is 0 Å². The van der Waals surface area contributed by atoms with E-state index in [-0.39, 0.29) is 11.6 Å². The van der Waals surface area contributed by atoms with Crippen molar-refractivity contribution in [3.8, 4) is 5.75 Å². The van der Waals surface area contributed by atoms with Crippen molar-refractivity contribution in [2.75, 3.05) is 13.7 Å². The highest BCUT2D eigenvalue weighted by atomic mass is 19.1. The largest absolute Gasteiger partial charge is 0.494 e. The summed E-state index contributed by atoms with van der Waals surface area (Å²) in [5.41, 5.74) is 1.95. The quantitative estimate of drug-likeness (QED) is 0.852. The third-order valence-electron chi connectivity index (χ3n) is 3.21. The van der Waals surface area contributed by atoms with E-state index in [0.717, 1.165) is 24.3 Å². The fourth-order valence-electron chi connectivity index (χ4n) is 2.12. The Morgan fingerprint density at radius 3 is 2.81 bits per heavy atom. The van der Waals surface area contributed by atoms with Crippen molar-refractivity contribution < 1.29 is 9.13 Å². The zero-order valence-electron chi connectivity index (χ0n) is 12.8. The van der Waals surface area contributed by atoms with Gasteiger partial charge in [-0.25, -0.2) is 4.39 Å². The zero-order chi connectivity index (χ0) is 15.2. The number of hydrogen-bond acceptors (Lipinski definition) is 3. The lowest BCUT2D eigenvalue weighted by Gasteiger charge is -2.11. The average molecular weight is 291 g/mol. The molecule has 21 heavy (non-hydrogen) atoms. The summed E-state index contributed by atoms with van der Waals surface area (Å²) in [5, 5.41) is 7.69. The fraction of sp³-hybridized carbons (Fsp3) is 0.438. The Morgan fingerprint density at radius 2 is 2.14 bits per heavy atom. The van der Waals surface area contributed by atoms with E-state index in [2.05, 4.69) is 24.3 Å². The molecule has 0 atom stereocenters. The minimum absolute atomic E-state index is 0.262. The standard InChI is InChI=1S/C16H22FN3O/c1-12(2)9-18-10-14-6-7-19-20(14)11-13-4-5-16(21-3)15(17)8-13/h4-8,12,18H,9-11H2,1-3H3. The summed E-state index contributed by atoms with van der Waals surface area (Å²) in [5.74, 6) is 0.525. The van der Waals surface area contributed by atoms with E-state index >= 15 is 0 Å². The van der Waals surface area contributed by atoms with Crippen molar-refractivity contribution in [3.05, 3.63) is 47.5 Å². The maximum absolute atomic E-state index is 13.7. The van der Waals surface area contributed by atoms with Crippen LogP contribution in [0.5, 0.6) is 5.75 Å². The molecule has 0 amide bonds. The normalized spacial score (nSPS) is 11.1. The van der Waals surface area contributed by atoms with Gasteiger partial charge < -0.3 is 10.1 Å². The summed E-state index contributed by atoms with van der Waals surface area (Å²) in [6, 6.07) is 6.97. The first-order chi connectivity index (χ1) is 10.1. The van der Waals surface area contributed by atoms with E-state index in [0.29, 0.717) is 12.5 Å². The summed E-state index contributed by atoms with van der Waals surface area (Å²) in [6.07, 6.45) is 1.77. The van der Waals surface area contributed by atoms with Crippen molar-refractivity contribution in [1.82, 2.24) is 15.1 Å². The third-order valence-corrected chi connectivity index (χ3v) is 3.21. The molecule has 0 radical (unpaired) electrons. The molecule has 5 heteroatoms. The number of aromatic nitrogens is 2. The molecular weight excluding hydrogens is 269 g/mol. The molecule has 1 heterocycles. The Labute approximate surface area is 124 Å². The molecule has 0 fully saturated rings. The molecule has 0 bridgehead atoms. The van der Waals surface area contributed by atoms with Gasteiger partial charge in [0.2, 0.25) is 0 Å². The van der Waals surface area contributed by atoms with Gasteiger partial charge in [-0.2, -0.15) is 5.10 Å². The van der Waals surface area contributed by atoms with Crippen LogP contribution < -0.4 is 10.1 Å². The molecule has 0 aliphatic rings. The molecule has 4 nitrogen and oxygen atoms in total. The van der Waals surface area contributed by atoms with Gasteiger partial charge in [0.05, 0.1) is 19.3 Å². The van der Waals surface area contributed by atoms with Gasteiger partial charge in [0.15, 0.2) is 11.6 Å². The Kier molecular flexibility index (Phi) is 5.33. The number of ether oxygens (including phenoxy) is 1. The molecule has 0 saturated carbocycles. The Balaban J connectivity index is 2.03. The lowest BCUT2D eigenvalue weighted by Crippen LogP contribution is -2.21. The van der Waals surface area contributed by atoms with Crippen molar-refractivity contribution >= 4 is 0 Å². The Bertz CT molecular complexity index is 581. The van der Waals surface area contributed by atoms with E-state index in [9.17, 15) is 4.39 Å². The van der Waals surface area contributed by atoms with Crippen molar-refractivity contribution in [2.24, 2.45) is 5.92 Å². The van der Waals surface area contributed by atoms with Crippen LogP contribution in [0.15, 0.2) is 30.5 Å². The van der Waals surface area contributed by atoms with Gasteiger partial charge in [-0.3, -0.25) is 4.68 Å². The smallest absolute Gasteiger partial charge is 0.165 e. The number of hydrogen-bond donors (Lipinski definition) is 1. The molecule has 1 aromatic carbocycles. The van der Waals surface area contributed by atoms with Crippen LogP contribution in [0.2, 0.25) is 0 Å². The molecule has 0 unspecified atom stereocenters. The predicted octanol–water partition coefficient (Wildman–Crippen LogP) is 2.82. The van der Waals surface area contributed by atoms with Gasteiger partial charge in [0.1, 0.15) is 0 Å². The van der Waals surface area contributed by atoms with Crippen LogP contribution in [0.1, 0.15) is 25.1 Å². The number of rotatable bonds is 7. The zero-order valence-corrected chi connectivity index (χ0v) is 12.8. The van der Waals surface area contributed by atoms with Crippen molar-refractivity contribution in [2.45, 2.75) is 26.9 Å². The number of benzene rings is 1. The third kappa shape index (κ3) is 4.29. The summed E-state index contributed by atoms with van der Waals surface area (Å²) in [4.78, 5) is 0. The SMILES string of the molecule is COc1ccc(Cn2nccc2CNCC(C)C)cc1F. The highest BCUT2D eigenvalue weighted by Gasteiger charge is 2.07. The lowest BCUT2D eigenvalue weighted by molar-refractivity contribution is 0.386. The minimum Gasteiger partial charge on any atom is -0.494 e.